The Labute approximate surface area is 860 Å². The zero-order chi connectivity index (χ0) is 105. The van der Waals surface area contributed by atoms with Gasteiger partial charge in [0.05, 0.1) is 102 Å². The molecule has 8 aromatic rings. The van der Waals surface area contributed by atoms with Crippen molar-refractivity contribution < 1.29 is 127 Å². The van der Waals surface area contributed by atoms with Gasteiger partial charge in [-0.3, -0.25) is 39.6 Å². The van der Waals surface area contributed by atoms with Crippen LogP contribution in [-0.2, 0) is 82.4 Å². The van der Waals surface area contributed by atoms with E-state index in [-0.39, 0.29) is 79.4 Å². The molecule has 8 aliphatic heterocycles. The first-order chi connectivity index (χ1) is 69.8. The van der Waals surface area contributed by atoms with Crippen LogP contribution in [0.4, 0.5) is 30.7 Å². The highest BCUT2D eigenvalue weighted by Gasteiger charge is 2.43. The van der Waals surface area contributed by atoms with E-state index in [2.05, 4.69) is 51.1 Å². The van der Waals surface area contributed by atoms with Crippen molar-refractivity contribution in [3.05, 3.63) is 297 Å². The van der Waals surface area contributed by atoms with Gasteiger partial charge >= 0.3 is 53.9 Å². The largest absolute Gasteiger partial charge is 0.478 e. The molecular weight excluding hydrogens is 2060 g/mol. The molecule has 8 aliphatic rings. The average molecular weight is 2160 g/mol. The maximum Gasteiger partial charge on any atom is 0.434 e. The number of methoxy groups -OCH3 is 4. The number of ether oxygens (including phenoxy) is 8. The molecule has 4 saturated heterocycles. The summed E-state index contributed by atoms with van der Waals surface area (Å²) in [6.45, 7) is 11.6. The van der Waals surface area contributed by atoms with E-state index in [1.165, 1.54) is 134 Å². The molecule has 0 amide bonds. The molecule has 0 aliphatic carbocycles. The highest BCUT2D eigenvalue weighted by atomic mass is 35.5. The van der Waals surface area contributed by atoms with E-state index < -0.39 is 126 Å². The standard InChI is InChI=1S/C24H21ClF4N4O5S.2C24H24ClFN4O5S.C24H25FN4O5S/c1-37-23(36)19-16(10-33-6-7-38-13(9-33)3-5-18(34)35)30-21(22-31-17(11-39-22)24(27,28)29)32-20(19)14-4-2-12(26)8-15(14)25;2*1-13-12-36-23(27-13)22-28-18(11-30-7-8-35-15(10-30)4-6-19(31)32)20(24(33)34-2)21(29-22)16-5-3-14(26)9-17(16)25;1-14-11-15(25)3-5-17(14)21-20(24(32)33-2)18(27-22(28-21)23-26-7-10-35-23)13-29-8-9-34-16(12-29)4-6-19(30)31/h2-5,8,11,13,20H,6-7,9-10H2,1H3,(H,30,32)(H,34,35);2*3-6,9,12,15,21H,7-8,10-11H2,1-2H3,(H,28,29)(H,31,32);3-7,10-11,16,21H,8-9,12-13H2,1-2H3,(H,27,28)(H,30,31)/b5-3+;3*6-4+. The van der Waals surface area contributed by atoms with Gasteiger partial charge in [-0.05, 0) is 105 Å². The summed E-state index contributed by atoms with van der Waals surface area (Å²) < 4.78 is 138. The average Bonchev–Trinajstić information content (AvgIpc) is 1.24. The SMILES string of the molecule is COC(=O)C1=C(CN2CCOC(/C=C/C(=O)O)C2)NC(c2nc(C(F)(F)F)cs2)=NC1c1ccc(F)cc1Cl.COC(=O)C1=C(CN2CCOC(/C=C/C(=O)O)C2)NC(c2nc(C)cs2)=NC1c1ccc(F)cc1Cl.COC(=O)C1=C(CN2CCOC(/C=C/C(=O)O)C2)NC(c2nc(C)cs2)=NC1c1ccc(F)cc1Cl.COC(=O)C1=C(CN2CCOC(/C=C/C(=O)O)C2)NC(c2nccs2)=NC1c1ccc(F)cc1C. The Hall–Kier alpha value is -13.0. The van der Waals surface area contributed by atoms with Gasteiger partial charge in [-0.15, -0.1) is 45.3 Å². The minimum absolute atomic E-state index is 0.0199. The number of hydrogen-bond acceptors (Lipinski definition) is 36. The smallest absolute Gasteiger partial charge is 0.434 e. The van der Waals surface area contributed by atoms with Crippen molar-refractivity contribution in [1.82, 2.24) is 60.8 Å². The van der Waals surface area contributed by atoms with Gasteiger partial charge in [-0.25, -0.2) is 75.9 Å². The van der Waals surface area contributed by atoms with E-state index in [0.29, 0.717) is 174 Å². The van der Waals surface area contributed by atoms with Crippen LogP contribution in [0.25, 0.3) is 0 Å². The lowest BCUT2D eigenvalue weighted by Gasteiger charge is -2.34. The van der Waals surface area contributed by atoms with Crippen molar-refractivity contribution in [3.8, 4) is 0 Å². The molecule has 8 unspecified atom stereocenters. The number of carboxylic acid groups (broad SMARTS) is 4. The number of amidine groups is 4. The van der Waals surface area contributed by atoms with E-state index in [0.717, 1.165) is 60.3 Å². The molecule has 0 saturated carbocycles. The Morgan fingerprint density at radius 3 is 0.945 bits per heavy atom. The monoisotopic (exact) mass is 2160 g/mol. The van der Waals surface area contributed by atoms with Crippen LogP contribution in [0.5, 0.6) is 0 Å². The van der Waals surface area contributed by atoms with Gasteiger partial charge in [0.2, 0.25) is 0 Å². The third kappa shape index (κ3) is 29.3. The van der Waals surface area contributed by atoms with Gasteiger partial charge < -0.3 is 79.6 Å². The van der Waals surface area contributed by atoms with Crippen LogP contribution in [0, 0.1) is 44.0 Å². The van der Waals surface area contributed by atoms with Crippen molar-refractivity contribution in [3.63, 3.8) is 0 Å². The number of nitrogens with zero attached hydrogens (tertiary/aromatic N) is 12. The Balaban J connectivity index is 0.000000163. The number of aromatic nitrogens is 4. The minimum Gasteiger partial charge on any atom is -0.478 e. The van der Waals surface area contributed by atoms with Gasteiger partial charge in [0, 0.05) is 196 Å². The Bertz CT molecular complexity index is 6430. The molecule has 4 aromatic carbocycles. The number of alkyl halides is 3. The summed E-state index contributed by atoms with van der Waals surface area (Å²) >= 11 is 24.0. The van der Waals surface area contributed by atoms with Crippen LogP contribution < -0.4 is 21.3 Å². The van der Waals surface area contributed by atoms with Gasteiger partial charge in [0.15, 0.2) is 49.1 Å². The van der Waals surface area contributed by atoms with Crippen LogP contribution in [-0.4, -0.2) is 289 Å². The lowest BCUT2D eigenvalue weighted by molar-refractivity contribution is -0.141. The number of carbonyl (C=O) groups is 8. The van der Waals surface area contributed by atoms with Crippen LogP contribution >= 0.6 is 80.1 Å². The van der Waals surface area contributed by atoms with Crippen LogP contribution in [0.3, 0.4) is 0 Å². The van der Waals surface area contributed by atoms with Crippen molar-refractivity contribution >= 4 is 151 Å². The molecule has 0 bridgehead atoms. The van der Waals surface area contributed by atoms with E-state index in [1.807, 2.05) is 44.7 Å². The predicted molar refractivity (Wildman–Crippen MR) is 526 cm³/mol. The van der Waals surface area contributed by atoms with Crippen molar-refractivity contribution in [2.24, 2.45) is 20.0 Å². The number of rotatable bonds is 28. The molecule has 36 nitrogen and oxygen atoms in total. The first kappa shape index (κ1) is 110. The fourth-order valence-electron chi connectivity index (χ4n) is 16.1. The first-order valence-corrected chi connectivity index (χ1v) is 49.0. The number of morpholine rings is 4. The number of carboxylic acids is 4. The number of thiazole rings is 4. The van der Waals surface area contributed by atoms with Crippen molar-refractivity contribution in [1.29, 1.82) is 0 Å². The zero-order valence-electron chi connectivity index (χ0n) is 78.5. The number of aryl methyl sites for hydroxylation is 3. The number of hydrogen-bond donors (Lipinski definition) is 8. The maximum absolute atomic E-state index is 13.9. The lowest BCUT2D eigenvalue weighted by atomic mass is 9.92. The molecule has 0 spiro atoms. The summed E-state index contributed by atoms with van der Waals surface area (Å²) in [5, 5.41) is 56.9. The lowest BCUT2D eigenvalue weighted by Crippen LogP contribution is -2.46. The number of benzene rings is 4. The Morgan fingerprint density at radius 2 is 0.692 bits per heavy atom. The fourth-order valence-corrected chi connectivity index (χ4v) is 19.8. The summed E-state index contributed by atoms with van der Waals surface area (Å²) in [6.07, 6.45) is 5.21. The van der Waals surface area contributed by atoms with Crippen molar-refractivity contribution in [2.45, 2.75) is 75.5 Å². The zero-order valence-corrected chi connectivity index (χ0v) is 84.0. The van der Waals surface area contributed by atoms with Crippen LogP contribution in [0.15, 0.2) is 214 Å². The second-order valence-electron chi connectivity index (χ2n) is 32.9. The topological polar surface area (TPSA) is 453 Å². The first-order valence-electron chi connectivity index (χ1n) is 44.3. The maximum atomic E-state index is 13.9. The number of nitrogens with one attached hydrogen (secondary N) is 4. The quantitative estimate of drug-likeness (QED) is 0.00977. The van der Waals surface area contributed by atoms with Gasteiger partial charge in [0.25, 0.3) is 0 Å². The fraction of sp³-hybridized carbons (Fsp3) is 0.333. The molecule has 16 rings (SSSR count). The number of aliphatic imine (C=N–C) groups is 4. The van der Waals surface area contributed by atoms with Gasteiger partial charge in [-0.2, -0.15) is 13.2 Å². The second-order valence-corrected chi connectivity index (χ2v) is 37.6. The summed E-state index contributed by atoms with van der Waals surface area (Å²) in [7, 11) is 5.03. The Morgan fingerprint density at radius 1 is 0.411 bits per heavy atom. The molecule has 4 aromatic heterocycles. The Kier molecular flexibility index (Phi) is 38.4. The molecule has 8 N–H and O–H groups in total. The molecule has 146 heavy (non-hydrogen) atoms. The second kappa shape index (κ2) is 50.9. The third-order valence-corrected chi connectivity index (χ3v) is 27.3. The van der Waals surface area contributed by atoms with E-state index in [1.54, 1.807) is 19.2 Å². The molecule has 0 radical (unpaired) electrons. The number of aliphatic carboxylic acids is 4. The van der Waals surface area contributed by atoms with E-state index >= 15 is 0 Å². The molecule has 772 valence electrons. The van der Waals surface area contributed by atoms with Crippen LogP contribution in [0.2, 0.25) is 15.1 Å². The third-order valence-electron chi connectivity index (χ3n) is 22.7. The van der Waals surface area contributed by atoms with E-state index in [9.17, 15) is 69.1 Å². The summed E-state index contributed by atoms with van der Waals surface area (Å²) in [6, 6.07) is 12.2. The summed E-state index contributed by atoms with van der Waals surface area (Å²) in [4.78, 5) is 140. The van der Waals surface area contributed by atoms with E-state index in [4.69, 9.17) is 108 Å². The molecule has 12 heterocycles. The molecule has 50 heteroatoms. The minimum atomic E-state index is -4.67. The summed E-state index contributed by atoms with van der Waals surface area (Å²) in [5.41, 5.74) is 5.76. The highest BCUT2D eigenvalue weighted by Crippen LogP contribution is 2.43. The number of halogens is 10. The normalized spacial score (nSPS) is 20.8. The highest BCUT2D eigenvalue weighted by molar-refractivity contribution is 7.12. The molecular formula is C96H94Cl3F7N16O20S4. The molecule has 4 fully saturated rings. The summed E-state index contributed by atoms with van der Waals surface area (Å²) in [5.74, 6) is -7.46. The number of carbonyl (C=O) groups excluding carboxylic acids is 4. The van der Waals surface area contributed by atoms with Gasteiger partial charge in [0.1, 0.15) is 47.4 Å². The predicted octanol–water partition coefficient (Wildman–Crippen LogP) is 12.5. The van der Waals surface area contributed by atoms with Crippen LogP contribution in [0.1, 0.15) is 89.1 Å². The molecule has 8 atom stereocenters. The van der Waals surface area contributed by atoms with Crippen molar-refractivity contribution in [2.75, 3.05) is 133 Å². The van der Waals surface area contributed by atoms with Gasteiger partial charge in [-0.1, -0.05) is 59.1 Å². The number of esters is 4.